The molecule has 10 nitrogen and oxygen atoms in total. The monoisotopic (exact) mass is 775 g/mol. The van der Waals surface area contributed by atoms with E-state index in [0.29, 0.717) is 19.3 Å². The summed E-state index contributed by atoms with van der Waals surface area (Å²) < 4.78 is 32.6. The summed E-state index contributed by atoms with van der Waals surface area (Å²) in [7, 11) is -4.41. The Hall–Kier alpha value is -3.11. The fraction of sp³-hybridized carbons (Fsp3) is 0.581. The van der Waals surface area contributed by atoms with Crippen LogP contribution in [0.2, 0.25) is 0 Å². The highest BCUT2D eigenvalue weighted by Gasteiger charge is 2.25. The molecule has 0 radical (unpaired) electrons. The molecule has 0 heterocycles. The maximum absolute atomic E-state index is 12.5. The van der Waals surface area contributed by atoms with Gasteiger partial charge in [-0.1, -0.05) is 104 Å². The molecule has 306 valence electrons. The van der Waals surface area contributed by atoms with Gasteiger partial charge >= 0.3 is 19.8 Å². The van der Waals surface area contributed by atoms with Crippen molar-refractivity contribution < 1.29 is 42.7 Å². The summed E-state index contributed by atoms with van der Waals surface area (Å²) in [5, 5.41) is 9.26. The lowest BCUT2D eigenvalue weighted by Gasteiger charge is -2.19. The molecule has 0 amide bonds. The fourth-order valence-electron chi connectivity index (χ4n) is 4.57. The average Bonchev–Trinajstić information content (AvgIpc) is 3.14. The number of phosphoric acid groups is 1. The molecule has 0 aromatic rings. The molecule has 0 saturated carbocycles. The zero-order valence-corrected chi connectivity index (χ0v) is 33.9. The molecule has 0 aromatic carbocycles. The Kier molecular flexibility index (Phi) is 36.0. The molecule has 3 atom stereocenters. The molecule has 0 aliphatic rings. The predicted molar refractivity (Wildman–Crippen MR) is 221 cm³/mol. The quantitative estimate of drug-likeness (QED) is 0.0245. The van der Waals surface area contributed by atoms with Crippen LogP contribution in [0.1, 0.15) is 123 Å². The van der Waals surface area contributed by atoms with Crippen molar-refractivity contribution in [2.75, 3.05) is 26.4 Å². The number of unbranched alkanes of at least 4 members (excludes halogenated alkanes) is 4. The van der Waals surface area contributed by atoms with Crippen LogP contribution in [0.5, 0.6) is 0 Å². The number of allylic oxidation sites excluding steroid dienone is 16. The Bertz CT molecular complexity index is 1220. The minimum atomic E-state index is -4.41. The van der Waals surface area contributed by atoms with E-state index in [1.165, 1.54) is 0 Å². The summed E-state index contributed by atoms with van der Waals surface area (Å²) in [6, 6.07) is 0. The lowest BCUT2D eigenvalue weighted by atomic mass is 10.1. The SMILES string of the molecule is CC/C=C\C/C=C\C/C=C\C/C=C\CCCCC(=O)O[C@H](COC(=O)CCC/C=C\C/C=C\C/C=C\C/C=C\CCC[C@@H](C)O)COP(=O)(O)OCCN. The highest BCUT2D eigenvalue weighted by atomic mass is 31.2. The number of hydrogen-bond donors (Lipinski definition) is 3. The summed E-state index contributed by atoms with van der Waals surface area (Å²) in [5.41, 5.74) is 5.33. The largest absolute Gasteiger partial charge is 0.472 e. The van der Waals surface area contributed by atoms with Gasteiger partial charge in [0.1, 0.15) is 6.61 Å². The predicted octanol–water partition coefficient (Wildman–Crippen LogP) is 10.0. The molecule has 0 spiro atoms. The van der Waals surface area contributed by atoms with Crippen molar-refractivity contribution in [3.63, 3.8) is 0 Å². The number of ether oxygens (including phenoxy) is 2. The minimum absolute atomic E-state index is 0.0285. The van der Waals surface area contributed by atoms with Gasteiger partial charge in [0.25, 0.3) is 0 Å². The smallest absolute Gasteiger partial charge is 0.462 e. The van der Waals surface area contributed by atoms with Crippen molar-refractivity contribution in [2.45, 2.75) is 135 Å². The molecule has 0 saturated heterocycles. The molecule has 4 N–H and O–H groups in total. The minimum Gasteiger partial charge on any atom is -0.462 e. The number of carbonyl (C=O) groups is 2. The van der Waals surface area contributed by atoms with Gasteiger partial charge in [0.05, 0.1) is 19.3 Å². The van der Waals surface area contributed by atoms with E-state index in [2.05, 4.69) is 98.1 Å². The summed E-state index contributed by atoms with van der Waals surface area (Å²) in [4.78, 5) is 34.7. The number of aliphatic hydroxyl groups excluding tert-OH is 1. The third-order valence-electron chi connectivity index (χ3n) is 7.47. The Morgan fingerprint density at radius 2 is 1.09 bits per heavy atom. The number of rotatable bonds is 35. The molecule has 0 aliphatic heterocycles. The molecule has 0 rings (SSSR count). The van der Waals surface area contributed by atoms with Crippen LogP contribution >= 0.6 is 7.82 Å². The summed E-state index contributed by atoms with van der Waals surface area (Å²) in [5.74, 6) is -0.973. The van der Waals surface area contributed by atoms with Crippen LogP contribution in [0.15, 0.2) is 97.2 Å². The molecular weight excluding hydrogens is 705 g/mol. The Balaban J connectivity index is 4.39. The van der Waals surface area contributed by atoms with Crippen LogP contribution in [0.4, 0.5) is 0 Å². The number of phosphoric ester groups is 1. The second-order valence-corrected chi connectivity index (χ2v) is 14.1. The van der Waals surface area contributed by atoms with Gasteiger partial charge in [-0.2, -0.15) is 0 Å². The standard InChI is InChI=1S/C43H70NO9P/c1-3-4-5-6-7-8-9-10-12-17-20-23-26-29-32-35-43(47)53-41(39-52-54(48,49)51-37-36-44)38-50-42(46)34-31-28-25-22-19-16-14-11-13-15-18-21-24-27-30-33-40(2)45/h4-5,7-8,10,12-16,20-25,40-41,45H,3,6,9,11,17-19,26-39,44H2,1-2H3,(H,48,49)/b5-4-,8-7-,12-10-,15-13-,16-14-,23-20-,24-21-,25-22-/t40-,41-/m1/s1. The number of carbonyl (C=O) groups excluding carboxylic acids is 2. The molecular formula is C43H70NO9P. The van der Waals surface area contributed by atoms with Gasteiger partial charge in [-0.3, -0.25) is 18.6 Å². The summed E-state index contributed by atoms with van der Waals surface area (Å²) >= 11 is 0. The molecule has 0 aromatic heterocycles. The second-order valence-electron chi connectivity index (χ2n) is 12.7. The normalized spacial score (nSPS) is 15.0. The summed E-state index contributed by atoms with van der Waals surface area (Å²) in [6.07, 6.45) is 45.8. The highest BCUT2D eigenvalue weighted by Crippen LogP contribution is 2.43. The Morgan fingerprint density at radius 1 is 0.630 bits per heavy atom. The Labute approximate surface area is 326 Å². The van der Waals surface area contributed by atoms with Crippen LogP contribution in [-0.2, 0) is 32.7 Å². The van der Waals surface area contributed by atoms with Gasteiger partial charge in [-0.15, -0.1) is 0 Å². The van der Waals surface area contributed by atoms with Crippen LogP contribution in [-0.4, -0.2) is 60.5 Å². The van der Waals surface area contributed by atoms with Gasteiger partial charge < -0.3 is 25.2 Å². The lowest BCUT2D eigenvalue weighted by molar-refractivity contribution is -0.161. The van der Waals surface area contributed by atoms with Crippen LogP contribution < -0.4 is 5.73 Å². The van der Waals surface area contributed by atoms with E-state index in [4.69, 9.17) is 24.3 Å². The van der Waals surface area contributed by atoms with Crippen LogP contribution in [0.25, 0.3) is 0 Å². The first-order valence-corrected chi connectivity index (χ1v) is 21.2. The first-order chi connectivity index (χ1) is 26.2. The van der Waals surface area contributed by atoms with Crippen molar-refractivity contribution >= 4 is 19.8 Å². The average molecular weight is 776 g/mol. The van der Waals surface area contributed by atoms with E-state index in [0.717, 1.165) is 77.0 Å². The maximum Gasteiger partial charge on any atom is 0.472 e. The zero-order chi connectivity index (χ0) is 39.8. The molecule has 0 bridgehead atoms. The van der Waals surface area contributed by atoms with Crippen molar-refractivity contribution in [2.24, 2.45) is 5.73 Å². The number of hydrogen-bond acceptors (Lipinski definition) is 9. The number of esters is 2. The van der Waals surface area contributed by atoms with Crippen molar-refractivity contribution in [3.05, 3.63) is 97.2 Å². The third-order valence-corrected chi connectivity index (χ3v) is 8.46. The Morgan fingerprint density at radius 3 is 1.59 bits per heavy atom. The van der Waals surface area contributed by atoms with Crippen LogP contribution in [0, 0.1) is 0 Å². The van der Waals surface area contributed by atoms with Gasteiger partial charge in [0.15, 0.2) is 6.10 Å². The van der Waals surface area contributed by atoms with Crippen molar-refractivity contribution in [1.29, 1.82) is 0 Å². The first-order valence-electron chi connectivity index (χ1n) is 19.7. The third kappa shape index (κ3) is 38.6. The second kappa shape index (κ2) is 38.2. The lowest BCUT2D eigenvalue weighted by Crippen LogP contribution is -2.29. The van der Waals surface area contributed by atoms with E-state index in [9.17, 15) is 24.2 Å². The van der Waals surface area contributed by atoms with Gasteiger partial charge in [0, 0.05) is 19.4 Å². The first kappa shape index (κ1) is 50.9. The topological polar surface area (TPSA) is 155 Å². The number of aliphatic hydroxyl groups is 1. The highest BCUT2D eigenvalue weighted by molar-refractivity contribution is 7.47. The molecule has 54 heavy (non-hydrogen) atoms. The van der Waals surface area contributed by atoms with E-state index in [1.807, 2.05) is 13.0 Å². The number of nitrogens with two attached hydrogens (primary N) is 1. The van der Waals surface area contributed by atoms with E-state index < -0.39 is 32.5 Å². The summed E-state index contributed by atoms with van der Waals surface area (Å²) in [6.45, 7) is 3.00. The molecule has 0 aliphatic carbocycles. The maximum atomic E-state index is 12.5. The van der Waals surface area contributed by atoms with Gasteiger partial charge in [-0.25, -0.2) is 4.57 Å². The molecule has 1 unspecified atom stereocenters. The van der Waals surface area contributed by atoms with E-state index in [-0.39, 0.29) is 38.7 Å². The molecule has 11 heteroatoms. The van der Waals surface area contributed by atoms with Crippen LogP contribution in [0.3, 0.4) is 0 Å². The fourth-order valence-corrected chi connectivity index (χ4v) is 5.34. The molecule has 0 fully saturated rings. The zero-order valence-electron chi connectivity index (χ0n) is 33.0. The van der Waals surface area contributed by atoms with E-state index >= 15 is 0 Å². The van der Waals surface area contributed by atoms with Gasteiger partial charge in [-0.05, 0) is 103 Å². The van der Waals surface area contributed by atoms with Crippen molar-refractivity contribution in [1.82, 2.24) is 0 Å². The van der Waals surface area contributed by atoms with Crippen molar-refractivity contribution in [3.8, 4) is 0 Å². The van der Waals surface area contributed by atoms with Gasteiger partial charge in [0.2, 0.25) is 0 Å². The van der Waals surface area contributed by atoms with E-state index in [1.54, 1.807) is 0 Å².